The van der Waals surface area contributed by atoms with Crippen molar-refractivity contribution >= 4 is 22.4 Å². The van der Waals surface area contributed by atoms with Crippen LogP contribution in [0.25, 0.3) is 0 Å². The number of hydrogen-bond donors (Lipinski definition) is 1. The van der Waals surface area contributed by atoms with Crippen molar-refractivity contribution in [3.8, 4) is 0 Å². The molecule has 0 aromatic heterocycles. The third kappa shape index (κ3) is 2.04. The van der Waals surface area contributed by atoms with Gasteiger partial charge in [-0.3, -0.25) is 4.21 Å². The number of nitrogens with one attached hydrogen (secondary N) is 1. The van der Waals surface area contributed by atoms with Crippen LogP contribution in [0.15, 0.2) is 23.1 Å². The van der Waals surface area contributed by atoms with Crippen LogP contribution in [0.4, 0.5) is 0 Å². The molecule has 1 fully saturated rings. The second-order valence-electron chi connectivity index (χ2n) is 4.51. The van der Waals surface area contributed by atoms with Crippen molar-refractivity contribution in [2.75, 3.05) is 5.75 Å². The minimum atomic E-state index is -0.837. The molecule has 0 amide bonds. The van der Waals surface area contributed by atoms with Gasteiger partial charge in [0.2, 0.25) is 0 Å². The van der Waals surface area contributed by atoms with Crippen LogP contribution in [0.5, 0.6) is 0 Å². The van der Waals surface area contributed by atoms with Crippen LogP contribution >= 0.6 is 11.6 Å². The van der Waals surface area contributed by atoms with E-state index in [9.17, 15) is 4.21 Å². The monoisotopic (exact) mass is 255 g/mol. The number of fused-ring (bicyclic) bond motifs is 1. The molecular formula is C12H14ClNOS. The molecule has 0 spiro atoms. The van der Waals surface area contributed by atoms with E-state index in [1.807, 2.05) is 18.2 Å². The summed E-state index contributed by atoms with van der Waals surface area (Å²) in [6, 6.07) is 6.72. The van der Waals surface area contributed by atoms with Gasteiger partial charge in [0, 0.05) is 27.8 Å². The maximum atomic E-state index is 11.9. The van der Waals surface area contributed by atoms with E-state index in [2.05, 4.69) is 5.32 Å². The van der Waals surface area contributed by atoms with Gasteiger partial charge in [0.25, 0.3) is 0 Å². The summed E-state index contributed by atoms with van der Waals surface area (Å²) in [5.74, 6) is 0.763. The first-order chi connectivity index (χ1) is 7.74. The van der Waals surface area contributed by atoms with Crippen molar-refractivity contribution in [1.82, 2.24) is 5.32 Å². The van der Waals surface area contributed by atoms with Crippen LogP contribution < -0.4 is 5.32 Å². The summed E-state index contributed by atoms with van der Waals surface area (Å²) < 4.78 is 11.9. The third-order valence-corrected chi connectivity index (χ3v) is 4.90. The lowest BCUT2D eigenvalue weighted by atomic mass is 10.0. The van der Waals surface area contributed by atoms with Gasteiger partial charge in [-0.05, 0) is 43.0 Å². The second kappa shape index (κ2) is 4.13. The lowest BCUT2D eigenvalue weighted by Gasteiger charge is -2.26. The van der Waals surface area contributed by atoms with E-state index in [-0.39, 0.29) is 0 Å². The van der Waals surface area contributed by atoms with Crippen LogP contribution in [-0.2, 0) is 10.8 Å². The van der Waals surface area contributed by atoms with E-state index in [1.54, 1.807) is 0 Å². The minimum Gasteiger partial charge on any atom is -0.307 e. The Morgan fingerprint density at radius 1 is 1.31 bits per heavy atom. The average molecular weight is 256 g/mol. The number of rotatable bonds is 2. The molecule has 2 aliphatic rings. The molecule has 1 aliphatic carbocycles. The van der Waals surface area contributed by atoms with Gasteiger partial charge < -0.3 is 5.32 Å². The summed E-state index contributed by atoms with van der Waals surface area (Å²) in [6.07, 6.45) is 3.50. The summed E-state index contributed by atoms with van der Waals surface area (Å²) in [4.78, 5) is 0.966. The first-order valence-electron chi connectivity index (χ1n) is 5.68. The smallest absolute Gasteiger partial charge is 0.0533 e. The molecule has 2 nitrogen and oxygen atoms in total. The Morgan fingerprint density at radius 2 is 2.12 bits per heavy atom. The first-order valence-corrected chi connectivity index (χ1v) is 7.37. The lowest BCUT2D eigenvalue weighted by Crippen LogP contribution is -2.29. The number of benzene rings is 1. The molecule has 1 aromatic carbocycles. The zero-order valence-corrected chi connectivity index (χ0v) is 10.5. The Morgan fingerprint density at radius 3 is 2.88 bits per heavy atom. The lowest BCUT2D eigenvalue weighted by molar-refractivity contribution is 0.501. The molecule has 0 bridgehead atoms. The van der Waals surface area contributed by atoms with Crippen molar-refractivity contribution in [1.29, 1.82) is 0 Å². The zero-order chi connectivity index (χ0) is 11.1. The highest BCUT2D eigenvalue weighted by Crippen LogP contribution is 2.34. The molecule has 1 aliphatic heterocycles. The molecule has 2 unspecified atom stereocenters. The van der Waals surface area contributed by atoms with Crippen LogP contribution in [0.1, 0.15) is 30.9 Å². The Balaban J connectivity index is 1.96. The van der Waals surface area contributed by atoms with E-state index >= 15 is 0 Å². The van der Waals surface area contributed by atoms with Gasteiger partial charge in [-0.1, -0.05) is 11.6 Å². The molecule has 1 aromatic rings. The predicted octanol–water partition coefficient (Wildman–Crippen LogP) is 2.64. The molecule has 0 saturated heterocycles. The summed E-state index contributed by atoms with van der Waals surface area (Å²) in [6.45, 7) is 0. The van der Waals surface area contributed by atoms with E-state index in [0.717, 1.165) is 27.7 Å². The maximum absolute atomic E-state index is 11.9. The topological polar surface area (TPSA) is 29.1 Å². The molecule has 1 saturated carbocycles. The molecular weight excluding hydrogens is 242 g/mol. The fourth-order valence-electron chi connectivity index (χ4n) is 2.20. The van der Waals surface area contributed by atoms with Gasteiger partial charge >= 0.3 is 0 Å². The SMILES string of the molecule is O=S1CCC(NC2CC2)c2cc(Cl)ccc21. The summed E-state index contributed by atoms with van der Waals surface area (Å²) >= 11 is 6.02. The Kier molecular flexibility index (Phi) is 2.78. The van der Waals surface area contributed by atoms with E-state index in [1.165, 1.54) is 12.8 Å². The summed E-state index contributed by atoms with van der Waals surface area (Å²) in [7, 11) is -0.837. The standard InChI is InChI=1S/C12H14ClNOS/c13-8-1-4-12-10(7-8)11(5-6-16(12)15)14-9-2-3-9/h1,4,7,9,11,14H,2-3,5-6H2. The molecule has 16 heavy (non-hydrogen) atoms. The second-order valence-corrected chi connectivity index (χ2v) is 6.49. The average Bonchev–Trinajstić information content (AvgIpc) is 3.06. The van der Waals surface area contributed by atoms with Crippen molar-refractivity contribution < 1.29 is 4.21 Å². The predicted molar refractivity (Wildman–Crippen MR) is 66.2 cm³/mol. The highest BCUT2D eigenvalue weighted by atomic mass is 35.5. The van der Waals surface area contributed by atoms with Gasteiger partial charge in [0.15, 0.2) is 0 Å². The summed E-state index contributed by atoms with van der Waals surface area (Å²) in [5, 5.41) is 4.34. The van der Waals surface area contributed by atoms with Gasteiger partial charge in [-0.2, -0.15) is 0 Å². The first kappa shape index (κ1) is 10.8. The van der Waals surface area contributed by atoms with Gasteiger partial charge in [-0.15, -0.1) is 0 Å². The van der Waals surface area contributed by atoms with E-state index < -0.39 is 10.8 Å². The normalized spacial score (nSPS) is 28.8. The van der Waals surface area contributed by atoms with Crippen molar-refractivity contribution in [3.63, 3.8) is 0 Å². The zero-order valence-electron chi connectivity index (χ0n) is 8.91. The maximum Gasteiger partial charge on any atom is 0.0533 e. The molecule has 4 heteroatoms. The largest absolute Gasteiger partial charge is 0.307 e. The van der Waals surface area contributed by atoms with Gasteiger partial charge in [0.1, 0.15) is 0 Å². The van der Waals surface area contributed by atoms with Gasteiger partial charge in [0.05, 0.1) is 10.8 Å². The van der Waals surface area contributed by atoms with Crippen molar-refractivity contribution in [3.05, 3.63) is 28.8 Å². The number of hydrogen-bond acceptors (Lipinski definition) is 2. The fraction of sp³-hybridized carbons (Fsp3) is 0.500. The summed E-state index contributed by atoms with van der Waals surface area (Å²) in [5.41, 5.74) is 1.14. The molecule has 86 valence electrons. The highest BCUT2D eigenvalue weighted by Gasteiger charge is 2.30. The molecule has 3 rings (SSSR count). The Bertz CT molecular complexity index is 445. The Labute approximate surface area is 103 Å². The van der Waals surface area contributed by atoms with E-state index in [0.29, 0.717) is 12.1 Å². The van der Waals surface area contributed by atoms with Crippen LogP contribution in [0.3, 0.4) is 0 Å². The van der Waals surface area contributed by atoms with Crippen LogP contribution in [-0.4, -0.2) is 16.0 Å². The van der Waals surface area contributed by atoms with Gasteiger partial charge in [-0.25, -0.2) is 0 Å². The molecule has 2 atom stereocenters. The molecule has 1 heterocycles. The third-order valence-electron chi connectivity index (χ3n) is 3.20. The molecule has 0 radical (unpaired) electrons. The molecule has 1 N–H and O–H groups in total. The van der Waals surface area contributed by atoms with Crippen molar-refractivity contribution in [2.45, 2.75) is 36.2 Å². The van der Waals surface area contributed by atoms with Crippen molar-refractivity contribution in [2.24, 2.45) is 0 Å². The highest BCUT2D eigenvalue weighted by molar-refractivity contribution is 7.85. The quantitative estimate of drug-likeness (QED) is 0.880. The van der Waals surface area contributed by atoms with Crippen LogP contribution in [0, 0.1) is 0 Å². The van der Waals surface area contributed by atoms with E-state index in [4.69, 9.17) is 11.6 Å². The van der Waals surface area contributed by atoms with Crippen LogP contribution in [0.2, 0.25) is 5.02 Å². The Hall–Kier alpha value is -0.380. The minimum absolute atomic E-state index is 0.346. The fourth-order valence-corrected chi connectivity index (χ4v) is 3.73. The number of halogens is 1.